The van der Waals surface area contributed by atoms with Crippen LogP contribution in [0.5, 0.6) is 0 Å². The van der Waals surface area contributed by atoms with Gasteiger partial charge in [-0.1, -0.05) is 121 Å². The fraction of sp³-hybridized carbons (Fsp3) is 0.250. The Hall–Kier alpha value is -4.07. The summed E-state index contributed by atoms with van der Waals surface area (Å²) in [6.07, 6.45) is 1.32. The zero-order valence-corrected chi connectivity index (χ0v) is 23.9. The molecule has 0 unspecified atom stereocenters. The molecule has 0 spiro atoms. The number of rotatable bonds is 10. The van der Waals surface area contributed by atoms with E-state index >= 15 is 0 Å². The maximum atomic E-state index is 12.2. The summed E-state index contributed by atoms with van der Waals surface area (Å²) in [5.74, 6) is -0.311. The van der Waals surface area contributed by atoms with E-state index in [0.717, 1.165) is 22.3 Å². The van der Waals surface area contributed by atoms with Crippen LogP contribution in [0.2, 0.25) is 0 Å². The Bertz CT molecular complexity index is 1460. The van der Waals surface area contributed by atoms with Crippen LogP contribution in [-0.4, -0.2) is 39.3 Å². The molecule has 1 saturated heterocycles. The number of nitrogens with zero attached hydrogens (tertiary/aromatic N) is 2. The van der Waals surface area contributed by atoms with E-state index in [0.29, 0.717) is 19.0 Å². The van der Waals surface area contributed by atoms with Crippen LogP contribution in [-0.2, 0) is 26.4 Å². The predicted molar refractivity (Wildman–Crippen MR) is 162 cm³/mol. The molecule has 1 aromatic heterocycles. The molecule has 4 aromatic carbocycles. The highest BCUT2D eigenvalue weighted by molar-refractivity contribution is 5.51. The van der Waals surface area contributed by atoms with E-state index in [9.17, 15) is 5.11 Å². The highest BCUT2D eigenvalue weighted by Crippen LogP contribution is 2.43. The van der Waals surface area contributed by atoms with Gasteiger partial charge in [-0.05, 0) is 36.1 Å². The lowest BCUT2D eigenvalue weighted by Gasteiger charge is -2.40. The summed E-state index contributed by atoms with van der Waals surface area (Å²) in [5.41, 5.74) is 3.29. The van der Waals surface area contributed by atoms with Crippen molar-refractivity contribution in [1.82, 2.24) is 9.55 Å². The van der Waals surface area contributed by atoms with Crippen molar-refractivity contribution in [3.8, 4) is 0 Å². The Morgan fingerprint density at radius 2 is 1.33 bits per heavy atom. The number of hydrogen-bond donors (Lipinski definition) is 1. The highest BCUT2D eigenvalue weighted by Gasteiger charge is 2.45. The Balaban J connectivity index is 1.50. The third-order valence-electron chi connectivity index (χ3n) is 7.86. The molecule has 0 aliphatic carbocycles. The molecule has 1 N–H and O–H groups in total. The first-order valence-electron chi connectivity index (χ1n) is 14.3. The average Bonchev–Trinajstić information content (AvgIpc) is 3.66. The van der Waals surface area contributed by atoms with Crippen LogP contribution in [0, 0.1) is 0 Å². The van der Waals surface area contributed by atoms with Gasteiger partial charge in [0.25, 0.3) is 0 Å². The van der Waals surface area contributed by atoms with Gasteiger partial charge in [0.2, 0.25) is 0 Å². The molecule has 6 rings (SSSR count). The minimum absolute atomic E-state index is 0.297. The van der Waals surface area contributed by atoms with Gasteiger partial charge in [0, 0.05) is 12.4 Å². The number of aliphatic hydroxyl groups is 1. The molecular formula is C36H36N2O4. The fourth-order valence-corrected chi connectivity index (χ4v) is 5.97. The Morgan fingerprint density at radius 3 is 1.81 bits per heavy atom. The summed E-state index contributed by atoms with van der Waals surface area (Å²) in [4.78, 5) is 4.78. The van der Waals surface area contributed by atoms with Crippen LogP contribution in [0.4, 0.5) is 0 Å². The van der Waals surface area contributed by atoms with Crippen LogP contribution in [0.25, 0.3) is 0 Å². The van der Waals surface area contributed by atoms with Crippen molar-refractivity contribution in [1.29, 1.82) is 0 Å². The molecule has 1 aliphatic rings. The van der Waals surface area contributed by atoms with Crippen molar-refractivity contribution in [2.45, 2.75) is 50.1 Å². The van der Waals surface area contributed by atoms with Gasteiger partial charge in [-0.15, -0.1) is 0 Å². The molecule has 6 nitrogen and oxygen atoms in total. The predicted octanol–water partition coefficient (Wildman–Crippen LogP) is 6.49. The van der Waals surface area contributed by atoms with E-state index in [4.69, 9.17) is 19.2 Å². The normalized spacial score (nSPS) is 18.0. The lowest BCUT2D eigenvalue weighted by atomic mass is 9.76. The summed E-state index contributed by atoms with van der Waals surface area (Å²) in [6, 6.07) is 41.0. The minimum atomic E-state index is -1.12. The molecule has 0 saturated carbocycles. The summed E-state index contributed by atoms with van der Waals surface area (Å²) in [5, 5.41) is 12.2. The molecule has 6 heteroatoms. The molecule has 0 amide bonds. The number of aliphatic hydroxyl groups excluding tert-OH is 1. The third-order valence-corrected chi connectivity index (χ3v) is 7.86. The summed E-state index contributed by atoms with van der Waals surface area (Å²) in [7, 11) is 0. The van der Waals surface area contributed by atoms with Crippen molar-refractivity contribution in [2.24, 2.45) is 0 Å². The second kappa shape index (κ2) is 12.0. The van der Waals surface area contributed by atoms with Crippen molar-refractivity contribution < 1.29 is 19.3 Å². The Labute approximate surface area is 247 Å². The van der Waals surface area contributed by atoms with E-state index in [1.165, 1.54) is 0 Å². The Morgan fingerprint density at radius 1 is 0.833 bits per heavy atom. The molecule has 42 heavy (non-hydrogen) atoms. The van der Waals surface area contributed by atoms with Gasteiger partial charge in [0.05, 0.1) is 13.2 Å². The van der Waals surface area contributed by atoms with Crippen LogP contribution in [0.15, 0.2) is 134 Å². The number of hydrogen-bond acceptors (Lipinski definition) is 5. The second-order valence-corrected chi connectivity index (χ2v) is 11.0. The monoisotopic (exact) mass is 560 g/mol. The molecule has 0 bridgehead atoms. The molecule has 214 valence electrons. The summed E-state index contributed by atoms with van der Waals surface area (Å²) >= 11 is 0. The number of benzene rings is 4. The van der Waals surface area contributed by atoms with Gasteiger partial charge in [-0.2, -0.15) is 0 Å². The number of ether oxygens (including phenoxy) is 3. The first kappa shape index (κ1) is 28.1. The van der Waals surface area contributed by atoms with Gasteiger partial charge < -0.3 is 23.9 Å². The van der Waals surface area contributed by atoms with E-state index in [-0.39, 0.29) is 0 Å². The SMILES string of the molecule is CC1(C)OC[C@@H]([C@H](OCc2ccccc2)[C@H](O)c2nccn2C(c2ccccc2)(c2ccccc2)c2ccccc2)O1. The van der Waals surface area contributed by atoms with E-state index in [1.807, 2.05) is 105 Å². The van der Waals surface area contributed by atoms with Gasteiger partial charge in [-0.3, -0.25) is 0 Å². The smallest absolute Gasteiger partial charge is 0.163 e. The Kier molecular flexibility index (Phi) is 8.05. The average molecular weight is 561 g/mol. The summed E-state index contributed by atoms with van der Waals surface area (Å²) < 4.78 is 20.7. The maximum Gasteiger partial charge on any atom is 0.163 e. The van der Waals surface area contributed by atoms with Crippen molar-refractivity contribution in [2.75, 3.05) is 6.61 Å². The topological polar surface area (TPSA) is 65.7 Å². The zero-order valence-electron chi connectivity index (χ0n) is 23.9. The first-order valence-corrected chi connectivity index (χ1v) is 14.3. The quantitative estimate of drug-likeness (QED) is 0.198. The van der Waals surface area contributed by atoms with E-state index in [2.05, 4.69) is 41.0 Å². The molecule has 3 atom stereocenters. The van der Waals surface area contributed by atoms with Gasteiger partial charge in [0.1, 0.15) is 29.7 Å². The fourth-order valence-electron chi connectivity index (χ4n) is 5.97. The largest absolute Gasteiger partial charge is 0.382 e. The lowest BCUT2D eigenvalue weighted by Crippen LogP contribution is -2.43. The molecule has 1 fully saturated rings. The van der Waals surface area contributed by atoms with Crippen LogP contribution >= 0.6 is 0 Å². The lowest BCUT2D eigenvalue weighted by molar-refractivity contribution is -0.173. The van der Waals surface area contributed by atoms with E-state index in [1.54, 1.807) is 6.20 Å². The van der Waals surface area contributed by atoms with E-state index < -0.39 is 29.6 Å². The minimum Gasteiger partial charge on any atom is -0.382 e. The second-order valence-electron chi connectivity index (χ2n) is 11.0. The molecule has 0 radical (unpaired) electrons. The highest BCUT2D eigenvalue weighted by atomic mass is 16.7. The molecular weight excluding hydrogens is 524 g/mol. The van der Waals surface area contributed by atoms with Gasteiger partial charge in [0.15, 0.2) is 5.79 Å². The number of imidazole rings is 1. The molecule has 5 aromatic rings. The van der Waals surface area contributed by atoms with Crippen LogP contribution in [0.3, 0.4) is 0 Å². The molecule has 2 heterocycles. The van der Waals surface area contributed by atoms with Crippen molar-refractivity contribution in [3.63, 3.8) is 0 Å². The van der Waals surface area contributed by atoms with Gasteiger partial charge >= 0.3 is 0 Å². The van der Waals surface area contributed by atoms with Crippen LogP contribution < -0.4 is 0 Å². The summed E-state index contributed by atoms with van der Waals surface area (Å²) in [6.45, 7) is 4.36. The standard InChI is InChI=1S/C36H36N2O4/c1-35(2)41-26-31(42-35)33(40-25-27-15-7-3-8-16-27)32(39)34-37-23-24-38(34)36(28-17-9-4-10-18-28,29-19-11-5-12-20-29)30-21-13-6-14-22-30/h3-24,31-33,39H,25-26H2,1-2H3/t31-,32-,33-/m0/s1. The number of aromatic nitrogens is 2. The maximum absolute atomic E-state index is 12.2. The van der Waals surface area contributed by atoms with Crippen molar-refractivity contribution in [3.05, 3.63) is 162 Å². The third kappa shape index (κ3) is 5.42. The van der Waals surface area contributed by atoms with Crippen molar-refractivity contribution >= 4 is 0 Å². The van der Waals surface area contributed by atoms with Gasteiger partial charge in [-0.25, -0.2) is 4.98 Å². The first-order chi connectivity index (χ1) is 20.5. The van der Waals surface area contributed by atoms with Crippen LogP contribution in [0.1, 0.15) is 48.0 Å². The molecule has 1 aliphatic heterocycles. The zero-order chi connectivity index (χ0) is 29.0.